The number of benzene rings is 1. The third kappa shape index (κ3) is 2.34. The van der Waals surface area contributed by atoms with Crippen LogP contribution in [0.3, 0.4) is 0 Å². The van der Waals surface area contributed by atoms with Crippen LogP contribution in [0.1, 0.15) is 5.56 Å². The molecule has 0 spiro atoms. The van der Waals surface area contributed by atoms with Gasteiger partial charge in [-0.25, -0.2) is 0 Å². The summed E-state index contributed by atoms with van der Waals surface area (Å²) in [7, 11) is 1.57. The molecule has 0 aliphatic heterocycles. The van der Waals surface area contributed by atoms with Crippen LogP contribution in [0.25, 0.3) is 11.1 Å². The van der Waals surface area contributed by atoms with Gasteiger partial charge in [-0.15, -0.1) is 0 Å². The number of halogens is 1. The predicted molar refractivity (Wildman–Crippen MR) is 68.8 cm³/mol. The molecular weight excluding hydrogens is 238 g/mol. The van der Waals surface area contributed by atoms with E-state index >= 15 is 0 Å². The van der Waals surface area contributed by atoms with E-state index in [1.807, 2.05) is 25.1 Å². The fourth-order valence-electron chi connectivity index (χ4n) is 1.72. The number of hydrogen-bond acceptors (Lipinski definition) is 2. The number of H-pyrrole nitrogens is 1. The van der Waals surface area contributed by atoms with Crippen LogP contribution < -0.4 is 10.3 Å². The Bertz CT molecular complexity index is 605. The lowest BCUT2D eigenvalue weighted by molar-refractivity contribution is 0.414. The Balaban J connectivity index is 2.70. The van der Waals surface area contributed by atoms with Crippen molar-refractivity contribution in [3.63, 3.8) is 0 Å². The van der Waals surface area contributed by atoms with Gasteiger partial charge in [0.1, 0.15) is 5.75 Å². The minimum atomic E-state index is -0.167. The molecule has 1 heterocycles. The number of ether oxygens (including phenoxy) is 1. The van der Waals surface area contributed by atoms with Gasteiger partial charge < -0.3 is 9.72 Å². The van der Waals surface area contributed by atoms with Crippen LogP contribution >= 0.6 is 11.6 Å². The van der Waals surface area contributed by atoms with Crippen molar-refractivity contribution in [2.24, 2.45) is 0 Å². The average Bonchev–Trinajstić information content (AvgIpc) is 2.32. The van der Waals surface area contributed by atoms with Gasteiger partial charge in [0.2, 0.25) is 5.56 Å². The lowest BCUT2D eigenvalue weighted by Gasteiger charge is -2.10. The van der Waals surface area contributed by atoms with Crippen molar-refractivity contribution in [3.8, 4) is 16.9 Å². The molecule has 0 saturated heterocycles. The van der Waals surface area contributed by atoms with Crippen LogP contribution in [-0.2, 0) is 0 Å². The fourth-order valence-corrected chi connectivity index (χ4v) is 1.89. The Morgan fingerprint density at radius 3 is 2.71 bits per heavy atom. The van der Waals surface area contributed by atoms with Crippen LogP contribution in [0, 0.1) is 6.92 Å². The average molecular weight is 250 g/mol. The molecular formula is C13H12ClNO2. The molecule has 88 valence electrons. The van der Waals surface area contributed by atoms with Crippen molar-refractivity contribution in [1.82, 2.24) is 4.98 Å². The summed E-state index contributed by atoms with van der Waals surface area (Å²) in [4.78, 5) is 14.0. The van der Waals surface area contributed by atoms with Crippen LogP contribution in [0.15, 0.2) is 35.3 Å². The van der Waals surface area contributed by atoms with Crippen LogP contribution in [0.5, 0.6) is 5.75 Å². The SMILES string of the molecule is COc1c[nH]c(=O)cc1-c1cc(Cl)ccc1C. The van der Waals surface area contributed by atoms with Crippen molar-refractivity contribution < 1.29 is 4.74 Å². The number of methoxy groups -OCH3 is 1. The summed E-state index contributed by atoms with van der Waals surface area (Å²) in [5, 5.41) is 0.632. The van der Waals surface area contributed by atoms with E-state index in [0.29, 0.717) is 10.8 Å². The minimum Gasteiger partial charge on any atom is -0.495 e. The lowest BCUT2D eigenvalue weighted by atomic mass is 10.0. The summed E-state index contributed by atoms with van der Waals surface area (Å²) in [6.07, 6.45) is 1.55. The second-order valence-electron chi connectivity index (χ2n) is 3.74. The van der Waals surface area contributed by atoms with Gasteiger partial charge in [-0.2, -0.15) is 0 Å². The van der Waals surface area contributed by atoms with Gasteiger partial charge in [-0.1, -0.05) is 17.7 Å². The molecule has 2 aromatic rings. The van der Waals surface area contributed by atoms with Crippen LogP contribution in [0.2, 0.25) is 5.02 Å². The Kier molecular flexibility index (Phi) is 3.20. The molecule has 0 bridgehead atoms. The van der Waals surface area contributed by atoms with E-state index < -0.39 is 0 Å². The minimum absolute atomic E-state index is 0.167. The summed E-state index contributed by atoms with van der Waals surface area (Å²) >= 11 is 5.98. The maximum atomic E-state index is 11.4. The van der Waals surface area contributed by atoms with Gasteiger partial charge in [0.25, 0.3) is 0 Å². The van der Waals surface area contributed by atoms with Gasteiger partial charge in [-0.05, 0) is 30.2 Å². The number of rotatable bonds is 2. The molecule has 4 heteroatoms. The van der Waals surface area contributed by atoms with Gasteiger partial charge in [0.05, 0.1) is 7.11 Å². The molecule has 0 amide bonds. The predicted octanol–water partition coefficient (Wildman–Crippen LogP) is 3.01. The largest absolute Gasteiger partial charge is 0.495 e. The van der Waals surface area contributed by atoms with Crippen LogP contribution in [0.4, 0.5) is 0 Å². The molecule has 17 heavy (non-hydrogen) atoms. The van der Waals surface area contributed by atoms with Crippen molar-refractivity contribution in [3.05, 3.63) is 51.4 Å². The van der Waals surface area contributed by atoms with Crippen molar-refractivity contribution in [1.29, 1.82) is 0 Å². The van der Waals surface area contributed by atoms with Gasteiger partial charge in [0, 0.05) is 22.8 Å². The molecule has 0 fully saturated rings. The highest BCUT2D eigenvalue weighted by atomic mass is 35.5. The highest BCUT2D eigenvalue weighted by molar-refractivity contribution is 6.30. The maximum absolute atomic E-state index is 11.4. The molecule has 0 atom stereocenters. The van der Waals surface area contributed by atoms with E-state index in [1.54, 1.807) is 13.3 Å². The summed E-state index contributed by atoms with van der Waals surface area (Å²) in [5.41, 5.74) is 2.52. The first-order chi connectivity index (χ1) is 8.11. The summed E-state index contributed by atoms with van der Waals surface area (Å²) in [6.45, 7) is 1.96. The lowest BCUT2D eigenvalue weighted by Crippen LogP contribution is -2.05. The monoisotopic (exact) mass is 249 g/mol. The number of hydrogen-bond donors (Lipinski definition) is 1. The Morgan fingerprint density at radius 2 is 2.00 bits per heavy atom. The Labute approximate surface area is 104 Å². The topological polar surface area (TPSA) is 42.1 Å². The smallest absolute Gasteiger partial charge is 0.248 e. The highest BCUT2D eigenvalue weighted by Crippen LogP contribution is 2.31. The molecule has 3 nitrogen and oxygen atoms in total. The van der Waals surface area contributed by atoms with Crippen molar-refractivity contribution >= 4 is 11.6 Å². The van der Waals surface area contributed by atoms with E-state index in [1.165, 1.54) is 6.07 Å². The molecule has 0 radical (unpaired) electrons. The molecule has 0 unspecified atom stereocenters. The molecule has 0 aliphatic rings. The highest BCUT2D eigenvalue weighted by Gasteiger charge is 2.09. The standard InChI is InChI=1S/C13H12ClNO2/c1-8-3-4-9(14)5-10(8)11-6-13(16)15-7-12(11)17-2/h3-7H,1-2H3,(H,15,16). The van der Waals surface area contributed by atoms with Gasteiger partial charge in [0.15, 0.2) is 0 Å². The third-order valence-corrected chi connectivity index (χ3v) is 2.83. The maximum Gasteiger partial charge on any atom is 0.248 e. The Morgan fingerprint density at radius 1 is 1.24 bits per heavy atom. The van der Waals surface area contributed by atoms with Gasteiger partial charge >= 0.3 is 0 Å². The number of aryl methyl sites for hydroxylation is 1. The second-order valence-corrected chi connectivity index (χ2v) is 4.17. The van der Waals surface area contributed by atoms with Crippen molar-refractivity contribution in [2.75, 3.05) is 7.11 Å². The molecule has 1 aromatic heterocycles. The summed E-state index contributed by atoms with van der Waals surface area (Å²) in [5.74, 6) is 0.620. The first kappa shape index (κ1) is 11.7. The number of aromatic nitrogens is 1. The zero-order chi connectivity index (χ0) is 12.4. The first-order valence-electron chi connectivity index (χ1n) is 5.15. The normalized spacial score (nSPS) is 10.3. The molecule has 1 N–H and O–H groups in total. The Hall–Kier alpha value is -1.74. The van der Waals surface area contributed by atoms with E-state index in [2.05, 4.69) is 4.98 Å². The fraction of sp³-hybridized carbons (Fsp3) is 0.154. The zero-order valence-electron chi connectivity index (χ0n) is 9.58. The number of aromatic amines is 1. The van der Waals surface area contributed by atoms with E-state index in [9.17, 15) is 4.79 Å². The third-order valence-electron chi connectivity index (χ3n) is 2.60. The molecule has 1 aromatic carbocycles. The van der Waals surface area contributed by atoms with E-state index in [0.717, 1.165) is 16.7 Å². The number of nitrogens with one attached hydrogen (secondary N) is 1. The van der Waals surface area contributed by atoms with E-state index in [4.69, 9.17) is 16.3 Å². The van der Waals surface area contributed by atoms with Crippen LogP contribution in [-0.4, -0.2) is 12.1 Å². The van der Waals surface area contributed by atoms with Crippen molar-refractivity contribution in [2.45, 2.75) is 6.92 Å². The molecule has 2 rings (SSSR count). The van der Waals surface area contributed by atoms with E-state index in [-0.39, 0.29) is 5.56 Å². The first-order valence-corrected chi connectivity index (χ1v) is 5.53. The molecule has 0 saturated carbocycles. The second kappa shape index (κ2) is 4.63. The summed E-state index contributed by atoms with van der Waals surface area (Å²) < 4.78 is 5.24. The number of pyridine rings is 1. The van der Waals surface area contributed by atoms with Gasteiger partial charge in [-0.3, -0.25) is 4.79 Å². The zero-order valence-corrected chi connectivity index (χ0v) is 10.3. The molecule has 0 aliphatic carbocycles. The quantitative estimate of drug-likeness (QED) is 0.889. The summed E-state index contributed by atoms with van der Waals surface area (Å²) in [6, 6.07) is 7.07.